The summed E-state index contributed by atoms with van der Waals surface area (Å²) in [5, 5.41) is 3.49. The van der Waals surface area contributed by atoms with E-state index >= 15 is 0 Å². The van der Waals surface area contributed by atoms with E-state index in [1.54, 1.807) is 7.11 Å². The van der Waals surface area contributed by atoms with Gasteiger partial charge in [0.2, 0.25) is 0 Å². The van der Waals surface area contributed by atoms with Gasteiger partial charge in [-0.2, -0.15) is 0 Å². The van der Waals surface area contributed by atoms with Crippen LogP contribution < -0.4 is 5.32 Å². The molecule has 3 nitrogen and oxygen atoms in total. The number of hydrogen-bond donors (Lipinski definition) is 1. The Morgan fingerprint density at radius 3 is 2.26 bits per heavy atom. The van der Waals surface area contributed by atoms with Crippen LogP contribution >= 0.6 is 0 Å². The zero-order valence-electron chi connectivity index (χ0n) is 13.9. The predicted molar refractivity (Wildman–Crippen MR) is 82.6 cm³/mol. The Kier molecular flexibility index (Phi) is 10.6. The highest BCUT2D eigenvalue weighted by molar-refractivity contribution is 4.80. The van der Waals surface area contributed by atoms with Crippen LogP contribution in [0.5, 0.6) is 0 Å². The SMILES string of the molecule is COCCNCC(C)(CCOCCC(C)C)C(C)C. The molecule has 0 bridgehead atoms. The summed E-state index contributed by atoms with van der Waals surface area (Å²) < 4.78 is 10.8. The van der Waals surface area contributed by atoms with Crippen molar-refractivity contribution >= 4 is 0 Å². The Balaban J connectivity index is 3.88. The van der Waals surface area contributed by atoms with Crippen LogP contribution in [0.2, 0.25) is 0 Å². The first-order chi connectivity index (χ1) is 8.92. The second-order valence-corrected chi connectivity index (χ2v) is 6.52. The summed E-state index contributed by atoms with van der Waals surface area (Å²) in [7, 11) is 1.74. The molecule has 116 valence electrons. The molecule has 3 heteroatoms. The van der Waals surface area contributed by atoms with Gasteiger partial charge in [0.25, 0.3) is 0 Å². The standard InChI is InChI=1S/C16H35NO2/c1-14(2)7-10-19-11-8-16(5,15(3)4)13-17-9-12-18-6/h14-15,17H,7-13H2,1-6H3. The normalized spacial score (nSPS) is 15.2. The van der Waals surface area contributed by atoms with E-state index < -0.39 is 0 Å². The minimum Gasteiger partial charge on any atom is -0.383 e. The van der Waals surface area contributed by atoms with Crippen LogP contribution in [0.15, 0.2) is 0 Å². The number of rotatable bonds is 12. The summed E-state index contributed by atoms with van der Waals surface area (Å²) in [6, 6.07) is 0. The van der Waals surface area contributed by atoms with Gasteiger partial charge in [0.05, 0.1) is 6.61 Å². The van der Waals surface area contributed by atoms with Crippen LogP contribution in [-0.2, 0) is 9.47 Å². The zero-order chi connectivity index (χ0) is 14.7. The second kappa shape index (κ2) is 10.6. The minimum absolute atomic E-state index is 0.297. The molecule has 1 N–H and O–H groups in total. The summed E-state index contributed by atoms with van der Waals surface area (Å²) >= 11 is 0. The van der Waals surface area contributed by atoms with Crippen LogP contribution in [0.1, 0.15) is 47.5 Å². The van der Waals surface area contributed by atoms with Gasteiger partial charge >= 0.3 is 0 Å². The largest absolute Gasteiger partial charge is 0.383 e. The van der Waals surface area contributed by atoms with E-state index in [1.165, 1.54) is 0 Å². The van der Waals surface area contributed by atoms with Crippen molar-refractivity contribution in [2.45, 2.75) is 47.5 Å². The van der Waals surface area contributed by atoms with Gasteiger partial charge in [-0.3, -0.25) is 0 Å². The van der Waals surface area contributed by atoms with Crippen molar-refractivity contribution < 1.29 is 9.47 Å². The molecule has 0 amide bonds. The lowest BCUT2D eigenvalue weighted by atomic mass is 9.76. The summed E-state index contributed by atoms with van der Waals surface area (Å²) in [5.41, 5.74) is 0.297. The lowest BCUT2D eigenvalue weighted by molar-refractivity contribution is 0.0724. The Morgan fingerprint density at radius 2 is 1.74 bits per heavy atom. The molecular weight excluding hydrogens is 238 g/mol. The summed E-state index contributed by atoms with van der Waals surface area (Å²) in [5.74, 6) is 1.38. The zero-order valence-corrected chi connectivity index (χ0v) is 13.9. The molecule has 0 radical (unpaired) electrons. The first-order valence-corrected chi connectivity index (χ1v) is 7.69. The molecule has 0 fully saturated rings. The molecule has 19 heavy (non-hydrogen) atoms. The Hall–Kier alpha value is -0.120. The molecule has 1 atom stereocenters. The second-order valence-electron chi connectivity index (χ2n) is 6.52. The third-order valence-electron chi connectivity index (χ3n) is 4.06. The van der Waals surface area contributed by atoms with Gasteiger partial charge in [-0.05, 0) is 30.1 Å². The third kappa shape index (κ3) is 9.42. The first kappa shape index (κ1) is 18.9. The highest BCUT2D eigenvalue weighted by atomic mass is 16.5. The number of hydrogen-bond acceptors (Lipinski definition) is 3. The maximum atomic E-state index is 5.77. The van der Waals surface area contributed by atoms with Crippen molar-refractivity contribution in [1.29, 1.82) is 0 Å². The lowest BCUT2D eigenvalue weighted by Crippen LogP contribution is -2.38. The third-order valence-corrected chi connectivity index (χ3v) is 4.06. The van der Waals surface area contributed by atoms with Gasteiger partial charge < -0.3 is 14.8 Å². The molecule has 0 heterocycles. The van der Waals surface area contributed by atoms with Crippen molar-refractivity contribution in [3.63, 3.8) is 0 Å². The minimum atomic E-state index is 0.297. The van der Waals surface area contributed by atoms with Gasteiger partial charge in [0.15, 0.2) is 0 Å². The van der Waals surface area contributed by atoms with E-state index in [0.29, 0.717) is 11.3 Å². The van der Waals surface area contributed by atoms with Gasteiger partial charge in [0, 0.05) is 33.4 Å². The lowest BCUT2D eigenvalue weighted by Gasteiger charge is -2.34. The van der Waals surface area contributed by atoms with Crippen LogP contribution in [0, 0.1) is 17.3 Å². The van der Waals surface area contributed by atoms with E-state index in [4.69, 9.17) is 9.47 Å². The van der Waals surface area contributed by atoms with Gasteiger partial charge in [-0.1, -0.05) is 34.6 Å². The smallest absolute Gasteiger partial charge is 0.0587 e. The van der Waals surface area contributed by atoms with E-state index in [9.17, 15) is 0 Å². The first-order valence-electron chi connectivity index (χ1n) is 7.69. The monoisotopic (exact) mass is 273 g/mol. The number of ether oxygens (including phenoxy) is 2. The Labute approximate surface area is 120 Å². The average molecular weight is 273 g/mol. The molecule has 0 aromatic heterocycles. The molecule has 0 aromatic rings. The number of methoxy groups -OCH3 is 1. The molecule has 0 aliphatic heterocycles. The predicted octanol–water partition coefficient (Wildman–Crippen LogP) is 3.34. The highest BCUT2D eigenvalue weighted by Crippen LogP contribution is 2.30. The number of nitrogens with one attached hydrogen (secondary N) is 1. The molecule has 1 unspecified atom stereocenters. The fourth-order valence-electron chi connectivity index (χ4n) is 1.86. The Morgan fingerprint density at radius 1 is 1.05 bits per heavy atom. The van der Waals surface area contributed by atoms with Gasteiger partial charge in [0.1, 0.15) is 0 Å². The fourth-order valence-corrected chi connectivity index (χ4v) is 1.86. The van der Waals surface area contributed by atoms with Crippen LogP contribution in [0.25, 0.3) is 0 Å². The van der Waals surface area contributed by atoms with Crippen molar-refractivity contribution in [2.24, 2.45) is 17.3 Å². The molecule has 0 aliphatic rings. The van der Waals surface area contributed by atoms with E-state index in [0.717, 1.165) is 51.7 Å². The van der Waals surface area contributed by atoms with Crippen LogP contribution in [-0.4, -0.2) is 40.0 Å². The molecule has 0 saturated carbocycles. The van der Waals surface area contributed by atoms with Crippen molar-refractivity contribution in [3.8, 4) is 0 Å². The van der Waals surface area contributed by atoms with Gasteiger partial charge in [-0.15, -0.1) is 0 Å². The van der Waals surface area contributed by atoms with E-state index in [-0.39, 0.29) is 0 Å². The molecule has 0 aromatic carbocycles. The maximum absolute atomic E-state index is 5.77. The molecule has 0 saturated heterocycles. The van der Waals surface area contributed by atoms with Gasteiger partial charge in [-0.25, -0.2) is 0 Å². The summed E-state index contributed by atoms with van der Waals surface area (Å²) in [4.78, 5) is 0. The summed E-state index contributed by atoms with van der Waals surface area (Å²) in [6.45, 7) is 15.9. The topological polar surface area (TPSA) is 30.5 Å². The average Bonchev–Trinajstić information content (AvgIpc) is 2.33. The molecular formula is C16H35NO2. The fraction of sp³-hybridized carbons (Fsp3) is 1.00. The summed E-state index contributed by atoms with van der Waals surface area (Å²) in [6.07, 6.45) is 2.27. The van der Waals surface area contributed by atoms with E-state index in [1.807, 2.05) is 0 Å². The molecule has 0 rings (SSSR count). The molecule has 0 spiro atoms. The van der Waals surface area contributed by atoms with Crippen molar-refractivity contribution in [1.82, 2.24) is 5.32 Å². The molecule has 0 aliphatic carbocycles. The van der Waals surface area contributed by atoms with Crippen LogP contribution in [0.4, 0.5) is 0 Å². The Bertz CT molecular complexity index is 207. The van der Waals surface area contributed by atoms with E-state index in [2.05, 4.69) is 39.9 Å². The van der Waals surface area contributed by atoms with Crippen molar-refractivity contribution in [3.05, 3.63) is 0 Å². The quantitative estimate of drug-likeness (QED) is 0.553. The highest BCUT2D eigenvalue weighted by Gasteiger charge is 2.27. The van der Waals surface area contributed by atoms with Crippen molar-refractivity contribution in [2.75, 3.05) is 40.0 Å². The maximum Gasteiger partial charge on any atom is 0.0587 e. The van der Waals surface area contributed by atoms with Crippen LogP contribution in [0.3, 0.4) is 0 Å².